The van der Waals surface area contributed by atoms with Crippen LogP contribution >= 0.6 is 12.2 Å². The van der Waals surface area contributed by atoms with Crippen LogP contribution in [0.25, 0.3) is 0 Å². The van der Waals surface area contributed by atoms with Gasteiger partial charge in [0.2, 0.25) is 0 Å². The van der Waals surface area contributed by atoms with Crippen molar-refractivity contribution >= 4 is 40.5 Å². The number of nitrogens with one attached hydrogen (secondary N) is 1. The van der Waals surface area contributed by atoms with E-state index in [2.05, 4.69) is 10.2 Å². The fourth-order valence-corrected chi connectivity index (χ4v) is 5.79. The van der Waals surface area contributed by atoms with E-state index < -0.39 is 40.5 Å². The molecule has 3 heterocycles. The molecule has 3 aliphatic heterocycles. The number of piperazine rings is 1. The Balaban J connectivity index is 1.39. The average Bonchev–Trinajstić information content (AvgIpc) is 3.05. The number of nitriles is 1. The van der Waals surface area contributed by atoms with Crippen molar-refractivity contribution in [1.82, 2.24) is 15.1 Å². The van der Waals surface area contributed by atoms with Crippen LogP contribution in [0.2, 0.25) is 0 Å². The second-order valence-corrected chi connectivity index (χ2v) is 10.8. The lowest BCUT2D eigenvalue weighted by Crippen LogP contribution is -2.62. The summed E-state index contributed by atoms with van der Waals surface area (Å²) in [5, 5.41) is 12.2. The summed E-state index contributed by atoms with van der Waals surface area (Å²) in [5.41, 5.74) is -3.27. The van der Waals surface area contributed by atoms with Crippen molar-refractivity contribution in [3.8, 4) is 6.07 Å². The monoisotopic (exact) mass is 574 g/mol. The molecule has 3 fully saturated rings. The highest BCUT2D eigenvalue weighted by molar-refractivity contribution is 7.81. The molecule has 40 heavy (non-hydrogen) atoms. The van der Waals surface area contributed by atoms with E-state index in [0.717, 1.165) is 30.1 Å². The molecule has 13 heteroatoms. The summed E-state index contributed by atoms with van der Waals surface area (Å²) < 4.78 is 56.1. The largest absolute Gasteiger partial charge is 0.417 e. The number of carbonyl (C=O) groups excluding carboxylic acids is 2. The van der Waals surface area contributed by atoms with E-state index in [1.54, 1.807) is 4.90 Å². The van der Waals surface area contributed by atoms with Gasteiger partial charge in [0.25, 0.3) is 11.8 Å². The first-order valence-corrected chi connectivity index (χ1v) is 13.1. The van der Waals surface area contributed by atoms with Crippen LogP contribution in [0.5, 0.6) is 0 Å². The minimum Gasteiger partial charge on any atom is -0.336 e. The molecule has 1 N–H and O–H groups in total. The first kappa shape index (κ1) is 27.9. The molecule has 0 radical (unpaired) electrons. The number of rotatable bonds is 4. The van der Waals surface area contributed by atoms with Gasteiger partial charge in [-0.2, -0.15) is 18.4 Å². The normalized spacial score (nSPS) is 20.1. The molecule has 210 valence electrons. The Kier molecular flexibility index (Phi) is 7.06. The van der Waals surface area contributed by atoms with Gasteiger partial charge in [0.05, 0.1) is 28.4 Å². The molecule has 0 atom stereocenters. The van der Waals surface area contributed by atoms with Gasteiger partial charge in [0.15, 0.2) is 5.11 Å². The molecule has 0 aliphatic carbocycles. The first-order valence-electron chi connectivity index (χ1n) is 12.7. The number of thiocarbonyl (C=S) groups is 1. The van der Waals surface area contributed by atoms with Gasteiger partial charge < -0.3 is 15.1 Å². The molecule has 0 bridgehead atoms. The number of carbonyl (C=O) groups is 2. The van der Waals surface area contributed by atoms with E-state index in [0.29, 0.717) is 38.3 Å². The van der Waals surface area contributed by atoms with Crippen molar-refractivity contribution in [3.63, 3.8) is 0 Å². The van der Waals surface area contributed by atoms with Crippen molar-refractivity contribution < 1.29 is 27.2 Å². The van der Waals surface area contributed by atoms with Gasteiger partial charge in [-0.1, -0.05) is 0 Å². The maximum atomic E-state index is 15.4. The number of benzene rings is 2. The number of nitrogens with zero attached hydrogens (tertiary/aromatic N) is 5. The van der Waals surface area contributed by atoms with E-state index >= 15 is 4.39 Å². The van der Waals surface area contributed by atoms with Crippen LogP contribution in [-0.4, -0.2) is 77.6 Å². The van der Waals surface area contributed by atoms with Crippen molar-refractivity contribution in [3.05, 3.63) is 58.9 Å². The Hall–Kier alpha value is -3.60. The van der Waals surface area contributed by atoms with Crippen LogP contribution in [0.15, 0.2) is 36.4 Å². The highest BCUT2D eigenvalue weighted by atomic mass is 32.1. The maximum Gasteiger partial charge on any atom is 0.417 e. The lowest BCUT2D eigenvalue weighted by molar-refractivity contribution is -0.137. The Morgan fingerprint density at radius 2 is 1.73 bits per heavy atom. The summed E-state index contributed by atoms with van der Waals surface area (Å²) >= 11 is 5.50. The van der Waals surface area contributed by atoms with Gasteiger partial charge >= 0.3 is 6.18 Å². The van der Waals surface area contributed by atoms with Crippen molar-refractivity contribution in [2.45, 2.75) is 31.6 Å². The number of halogens is 4. The molecule has 5 rings (SSSR count). The van der Waals surface area contributed by atoms with Crippen molar-refractivity contribution in [1.29, 1.82) is 5.26 Å². The molecular weight excluding hydrogens is 548 g/mol. The van der Waals surface area contributed by atoms with Crippen molar-refractivity contribution in [2.75, 3.05) is 49.1 Å². The SMILES string of the molecule is CC1(C)C(=O)N(c2ccc(C#N)c(C(F)(F)F)c2)C(=S)N1c1ccc(C(=O)N2CCN(C3CNC3)CC2)c(F)c1. The molecule has 2 amide bonds. The topological polar surface area (TPSA) is 82.9 Å². The molecule has 0 aromatic heterocycles. The fraction of sp³-hybridized carbons (Fsp3) is 0.407. The molecule has 3 aliphatic rings. The van der Waals surface area contributed by atoms with Gasteiger partial charge in [0, 0.05) is 51.0 Å². The summed E-state index contributed by atoms with van der Waals surface area (Å²) in [6.07, 6.45) is -4.83. The standard InChI is InChI=1S/C27H26F4N6O2S/c1-26(2)24(39)36(17-4-3-16(13-32)21(11-17)27(29,30)31)25(40)37(26)18-5-6-20(22(28)12-18)23(38)35-9-7-34(8-10-35)19-14-33-15-19/h3-6,11-12,19,33H,7-10,14-15H2,1-2H3. The highest BCUT2D eigenvalue weighted by Crippen LogP contribution is 2.40. The Morgan fingerprint density at radius 3 is 2.27 bits per heavy atom. The molecule has 0 saturated carbocycles. The summed E-state index contributed by atoms with van der Waals surface area (Å²) in [5.74, 6) is -1.86. The minimum atomic E-state index is -4.83. The predicted octanol–water partition coefficient (Wildman–Crippen LogP) is 3.36. The number of amides is 2. The van der Waals surface area contributed by atoms with Gasteiger partial charge in [-0.15, -0.1) is 0 Å². The van der Waals surface area contributed by atoms with Crippen LogP contribution in [0, 0.1) is 17.1 Å². The number of anilines is 2. The molecule has 0 unspecified atom stereocenters. The van der Waals surface area contributed by atoms with Crippen LogP contribution < -0.4 is 15.1 Å². The molecule has 3 saturated heterocycles. The second kappa shape index (κ2) is 10.1. The van der Waals surface area contributed by atoms with E-state index in [1.165, 1.54) is 43.0 Å². The van der Waals surface area contributed by atoms with E-state index in [1.807, 2.05) is 0 Å². The number of hydrogen-bond acceptors (Lipinski definition) is 6. The lowest BCUT2D eigenvalue weighted by Gasteiger charge is -2.43. The molecule has 8 nitrogen and oxygen atoms in total. The Labute approximate surface area is 233 Å². The number of hydrogen-bond donors (Lipinski definition) is 1. The van der Waals surface area contributed by atoms with E-state index in [9.17, 15) is 22.8 Å². The van der Waals surface area contributed by atoms with Gasteiger partial charge in [0.1, 0.15) is 11.4 Å². The quantitative estimate of drug-likeness (QED) is 0.443. The smallest absolute Gasteiger partial charge is 0.336 e. The fourth-order valence-electron chi connectivity index (χ4n) is 5.27. The minimum absolute atomic E-state index is 0.115. The van der Waals surface area contributed by atoms with Crippen LogP contribution in [0.4, 0.5) is 28.9 Å². The first-order chi connectivity index (χ1) is 18.8. The predicted molar refractivity (Wildman–Crippen MR) is 143 cm³/mol. The third-order valence-electron chi connectivity index (χ3n) is 7.67. The molecule has 2 aromatic carbocycles. The zero-order valence-corrected chi connectivity index (χ0v) is 22.6. The highest BCUT2D eigenvalue weighted by Gasteiger charge is 2.51. The average molecular weight is 575 g/mol. The summed E-state index contributed by atoms with van der Waals surface area (Å²) in [6, 6.07) is 8.77. The number of alkyl halides is 3. The van der Waals surface area contributed by atoms with Gasteiger partial charge in [-0.05, 0) is 62.5 Å². The molecule has 2 aromatic rings. The van der Waals surface area contributed by atoms with Gasteiger partial charge in [-0.3, -0.25) is 19.4 Å². The summed E-state index contributed by atoms with van der Waals surface area (Å²) in [7, 11) is 0. The third kappa shape index (κ3) is 4.70. The zero-order chi connectivity index (χ0) is 29.0. The zero-order valence-electron chi connectivity index (χ0n) is 21.8. The summed E-state index contributed by atoms with van der Waals surface area (Å²) in [6.45, 7) is 7.25. The van der Waals surface area contributed by atoms with E-state index in [-0.39, 0.29) is 22.1 Å². The molecular formula is C27H26F4N6O2S. The van der Waals surface area contributed by atoms with E-state index in [4.69, 9.17) is 17.5 Å². The maximum absolute atomic E-state index is 15.4. The summed E-state index contributed by atoms with van der Waals surface area (Å²) in [4.78, 5) is 32.7. The van der Waals surface area contributed by atoms with Gasteiger partial charge in [-0.25, -0.2) is 4.39 Å². The second-order valence-electron chi connectivity index (χ2n) is 10.5. The van der Waals surface area contributed by atoms with Crippen LogP contribution in [0.3, 0.4) is 0 Å². The van der Waals surface area contributed by atoms with Crippen molar-refractivity contribution in [2.24, 2.45) is 0 Å². The third-order valence-corrected chi connectivity index (χ3v) is 8.04. The lowest BCUT2D eigenvalue weighted by atomic mass is 10.0. The Morgan fingerprint density at radius 1 is 1.07 bits per heavy atom. The Bertz CT molecular complexity index is 1430. The van der Waals surface area contributed by atoms with Crippen LogP contribution in [-0.2, 0) is 11.0 Å². The molecule has 0 spiro atoms. The van der Waals surface area contributed by atoms with Crippen LogP contribution in [0.1, 0.15) is 35.3 Å².